The number of anilines is 1. The molecule has 0 saturated carbocycles. The van der Waals surface area contributed by atoms with Gasteiger partial charge in [-0.05, 0) is 31.2 Å². The smallest absolute Gasteiger partial charge is 0.315 e. The van der Waals surface area contributed by atoms with E-state index in [0.29, 0.717) is 17.4 Å². The molecule has 0 aliphatic heterocycles. The highest BCUT2D eigenvalue weighted by molar-refractivity contribution is 8.00. The number of carbonyl (C=O) groups is 2. The molecule has 0 aliphatic rings. The Morgan fingerprint density at radius 2 is 1.89 bits per heavy atom. The predicted molar refractivity (Wildman–Crippen MR) is 109 cm³/mol. The molecule has 3 aromatic rings. The third kappa shape index (κ3) is 4.57. The van der Waals surface area contributed by atoms with E-state index in [4.69, 9.17) is 0 Å². The van der Waals surface area contributed by atoms with Crippen LogP contribution in [0.2, 0.25) is 0 Å². The summed E-state index contributed by atoms with van der Waals surface area (Å²) in [6.07, 6.45) is 1.79. The van der Waals surface area contributed by atoms with E-state index in [1.807, 2.05) is 34.9 Å². The van der Waals surface area contributed by atoms with E-state index in [1.54, 1.807) is 37.3 Å². The van der Waals surface area contributed by atoms with Crippen LogP contribution in [0.3, 0.4) is 0 Å². The van der Waals surface area contributed by atoms with Gasteiger partial charge in [-0.2, -0.15) is 0 Å². The van der Waals surface area contributed by atoms with Gasteiger partial charge in [0.2, 0.25) is 5.91 Å². The van der Waals surface area contributed by atoms with E-state index >= 15 is 0 Å². The fourth-order valence-electron chi connectivity index (χ4n) is 2.56. The number of benzene rings is 2. The van der Waals surface area contributed by atoms with E-state index in [1.165, 1.54) is 11.8 Å². The van der Waals surface area contributed by atoms with Crippen molar-refractivity contribution in [3.05, 3.63) is 67.3 Å². The van der Waals surface area contributed by atoms with Crippen molar-refractivity contribution in [1.29, 1.82) is 0 Å². The molecule has 2 aromatic carbocycles. The maximum absolute atomic E-state index is 12.4. The number of nitrogens with zero attached hydrogens (tertiary/aromatic N) is 2. The zero-order valence-electron chi connectivity index (χ0n) is 14.9. The van der Waals surface area contributed by atoms with Gasteiger partial charge in [0.25, 0.3) is 0 Å². The van der Waals surface area contributed by atoms with Gasteiger partial charge < -0.3 is 9.88 Å². The Labute approximate surface area is 161 Å². The minimum absolute atomic E-state index is 0.384. The zero-order chi connectivity index (χ0) is 19.2. The summed E-state index contributed by atoms with van der Waals surface area (Å²) in [7, 11) is 0. The highest BCUT2D eigenvalue weighted by Crippen LogP contribution is 2.27. The Bertz CT molecular complexity index is 969. The summed E-state index contributed by atoms with van der Waals surface area (Å²) in [6.45, 7) is 6.12. The third-order valence-corrected chi connectivity index (χ3v) is 4.94. The van der Waals surface area contributed by atoms with Crippen LogP contribution in [-0.2, 0) is 11.3 Å². The van der Waals surface area contributed by atoms with E-state index in [9.17, 15) is 9.59 Å². The normalized spacial score (nSPS) is 11.7. The van der Waals surface area contributed by atoms with Gasteiger partial charge in [-0.3, -0.25) is 10.1 Å². The third-order valence-electron chi connectivity index (χ3n) is 3.85. The summed E-state index contributed by atoms with van der Waals surface area (Å²) in [6, 6.07) is 16.2. The fourth-order valence-corrected chi connectivity index (χ4v) is 3.49. The van der Waals surface area contributed by atoms with Crippen LogP contribution < -0.4 is 10.6 Å². The molecule has 0 bridgehead atoms. The first-order valence-corrected chi connectivity index (χ1v) is 9.36. The Balaban J connectivity index is 1.67. The number of aromatic nitrogens is 2. The SMILES string of the molecule is C=CCn1c(SC(C)C(=O)NC(=O)Nc2ccccc2)nc2ccccc21. The lowest BCUT2D eigenvalue weighted by Crippen LogP contribution is -2.38. The first kappa shape index (κ1) is 18.7. The Morgan fingerprint density at radius 3 is 2.63 bits per heavy atom. The van der Waals surface area contributed by atoms with Crippen molar-refractivity contribution >= 4 is 40.4 Å². The van der Waals surface area contributed by atoms with E-state index in [-0.39, 0.29) is 5.91 Å². The lowest BCUT2D eigenvalue weighted by atomic mass is 10.3. The highest BCUT2D eigenvalue weighted by Gasteiger charge is 2.20. The number of allylic oxidation sites excluding steroid dienone is 1. The molecule has 1 aromatic heterocycles. The standard InChI is InChI=1S/C20H20N4O2S/c1-3-13-24-17-12-8-7-11-16(17)22-20(24)27-14(2)18(25)23-19(26)21-15-9-5-4-6-10-15/h3-12,14H,1,13H2,2H3,(H2,21,23,25,26). The number of fused-ring (bicyclic) bond motifs is 1. The van der Waals surface area contributed by atoms with Gasteiger partial charge in [-0.1, -0.05) is 48.2 Å². The maximum Gasteiger partial charge on any atom is 0.325 e. The molecule has 1 atom stereocenters. The second kappa shape index (κ2) is 8.55. The van der Waals surface area contributed by atoms with Crippen LogP contribution in [0, 0.1) is 0 Å². The van der Waals surface area contributed by atoms with Crippen LogP contribution in [-0.4, -0.2) is 26.7 Å². The predicted octanol–water partition coefficient (Wildman–Crippen LogP) is 4.05. The molecule has 138 valence electrons. The molecule has 7 heteroatoms. The van der Waals surface area contributed by atoms with Crippen molar-refractivity contribution in [1.82, 2.24) is 14.9 Å². The van der Waals surface area contributed by atoms with Gasteiger partial charge >= 0.3 is 6.03 Å². The monoisotopic (exact) mass is 380 g/mol. The maximum atomic E-state index is 12.4. The van der Waals surface area contributed by atoms with Gasteiger partial charge in [0.15, 0.2) is 5.16 Å². The molecular formula is C20H20N4O2S. The van der Waals surface area contributed by atoms with Crippen molar-refractivity contribution in [3.63, 3.8) is 0 Å². The average Bonchev–Trinajstić information content (AvgIpc) is 3.00. The molecule has 0 aliphatic carbocycles. The van der Waals surface area contributed by atoms with Crippen molar-refractivity contribution in [2.75, 3.05) is 5.32 Å². The fraction of sp³-hybridized carbons (Fsp3) is 0.150. The van der Waals surface area contributed by atoms with Gasteiger partial charge in [0.1, 0.15) is 0 Å². The first-order valence-electron chi connectivity index (χ1n) is 8.48. The number of nitrogens with one attached hydrogen (secondary N) is 2. The summed E-state index contributed by atoms with van der Waals surface area (Å²) >= 11 is 1.30. The molecule has 0 saturated heterocycles. The molecule has 6 nitrogen and oxygen atoms in total. The topological polar surface area (TPSA) is 76.0 Å². The molecule has 0 fully saturated rings. The van der Waals surface area contributed by atoms with Crippen LogP contribution >= 0.6 is 11.8 Å². The van der Waals surface area contributed by atoms with Gasteiger partial charge in [-0.25, -0.2) is 9.78 Å². The van der Waals surface area contributed by atoms with Crippen LogP contribution in [0.5, 0.6) is 0 Å². The van der Waals surface area contributed by atoms with Crippen LogP contribution in [0.1, 0.15) is 6.92 Å². The van der Waals surface area contributed by atoms with Gasteiger partial charge in [0.05, 0.1) is 16.3 Å². The number of thioether (sulfide) groups is 1. The van der Waals surface area contributed by atoms with Crippen LogP contribution in [0.15, 0.2) is 72.4 Å². The second-order valence-corrected chi connectivity index (χ2v) is 7.16. The largest absolute Gasteiger partial charge is 0.325 e. The molecular weight excluding hydrogens is 360 g/mol. The number of rotatable bonds is 6. The Kier molecular flexibility index (Phi) is 5.93. The van der Waals surface area contributed by atoms with E-state index in [0.717, 1.165) is 11.0 Å². The first-order chi connectivity index (χ1) is 13.1. The summed E-state index contributed by atoms with van der Waals surface area (Å²) < 4.78 is 2.00. The molecule has 1 unspecified atom stereocenters. The van der Waals surface area contributed by atoms with Crippen molar-refractivity contribution in [2.45, 2.75) is 23.9 Å². The van der Waals surface area contributed by atoms with E-state index in [2.05, 4.69) is 22.2 Å². The summed E-state index contributed by atoms with van der Waals surface area (Å²) in [5.74, 6) is -0.384. The summed E-state index contributed by atoms with van der Waals surface area (Å²) in [5, 5.41) is 5.21. The minimum Gasteiger partial charge on any atom is -0.315 e. The van der Waals surface area contributed by atoms with Crippen molar-refractivity contribution < 1.29 is 9.59 Å². The highest BCUT2D eigenvalue weighted by atomic mass is 32.2. The average molecular weight is 380 g/mol. The number of imide groups is 1. The number of imidazole rings is 1. The quantitative estimate of drug-likeness (QED) is 0.500. The number of urea groups is 1. The summed E-state index contributed by atoms with van der Waals surface area (Å²) in [4.78, 5) is 29.0. The van der Waals surface area contributed by atoms with Crippen LogP contribution in [0.25, 0.3) is 11.0 Å². The van der Waals surface area contributed by atoms with Crippen molar-refractivity contribution in [2.24, 2.45) is 0 Å². The molecule has 2 N–H and O–H groups in total. The lowest BCUT2D eigenvalue weighted by molar-refractivity contribution is -0.119. The Hall–Kier alpha value is -3.06. The molecule has 27 heavy (non-hydrogen) atoms. The number of hydrogen-bond donors (Lipinski definition) is 2. The number of para-hydroxylation sites is 3. The molecule has 1 heterocycles. The minimum atomic E-state index is -0.557. The molecule has 3 rings (SSSR count). The van der Waals surface area contributed by atoms with Gasteiger partial charge in [0, 0.05) is 12.2 Å². The van der Waals surface area contributed by atoms with Crippen molar-refractivity contribution in [3.8, 4) is 0 Å². The molecule has 0 radical (unpaired) electrons. The number of carbonyl (C=O) groups excluding carboxylic acids is 2. The second-order valence-electron chi connectivity index (χ2n) is 5.85. The van der Waals surface area contributed by atoms with E-state index < -0.39 is 11.3 Å². The summed E-state index contributed by atoms with van der Waals surface area (Å²) in [5.41, 5.74) is 2.46. The molecule has 3 amide bonds. The zero-order valence-corrected chi connectivity index (χ0v) is 15.7. The number of amides is 3. The van der Waals surface area contributed by atoms with Gasteiger partial charge in [-0.15, -0.1) is 6.58 Å². The van der Waals surface area contributed by atoms with Crippen LogP contribution in [0.4, 0.5) is 10.5 Å². The Morgan fingerprint density at radius 1 is 1.19 bits per heavy atom. The lowest BCUT2D eigenvalue weighted by Gasteiger charge is -2.12. The number of hydrogen-bond acceptors (Lipinski definition) is 4. The molecule has 0 spiro atoms.